The van der Waals surface area contributed by atoms with Crippen molar-refractivity contribution in [2.45, 2.75) is 12.8 Å². The third kappa shape index (κ3) is 5.75. The van der Waals surface area contributed by atoms with E-state index in [9.17, 15) is 23.1 Å². The van der Waals surface area contributed by atoms with Crippen LogP contribution in [0.15, 0.2) is 91.1 Å². The van der Waals surface area contributed by atoms with E-state index in [1.807, 2.05) is 42.5 Å². The molecular formula is C31H24F3N3O5. The van der Waals surface area contributed by atoms with Crippen LogP contribution in [0.5, 0.6) is 17.2 Å². The molecule has 0 saturated heterocycles. The van der Waals surface area contributed by atoms with Crippen molar-refractivity contribution in [2.24, 2.45) is 0 Å². The Labute approximate surface area is 238 Å². The van der Waals surface area contributed by atoms with E-state index in [1.54, 1.807) is 44.6 Å². The molecule has 0 spiro atoms. The average molecular weight is 576 g/mol. The van der Waals surface area contributed by atoms with Gasteiger partial charge in [0.05, 0.1) is 26.1 Å². The number of methoxy groups -OCH3 is 2. The van der Waals surface area contributed by atoms with Crippen molar-refractivity contribution in [1.82, 2.24) is 14.8 Å². The molecule has 42 heavy (non-hydrogen) atoms. The average Bonchev–Trinajstić information content (AvgIpc) is 3.47. The third-order valence-electron chi connectivity index (χ3n) is 6.48. The molecule has 2 heterocycles. The minimum Gasteiger partial charge on any atom is -0.497 e. The van der Waals surface area contributed by atoms with E-state index in [-0.39, 0.29) is 12.4 Å². The van der Waals surface area contributed by atoms with Gasteiger partial charge in [0, 0.05) is 11.1 Å². The van der Waals surface area contributed by atoms with Crippen LogP contribution >= 0.6 is 0 Å². The first-order valence-electron chi connectivity index (χ1n) is 12.6. The monoisotopic (exact) mass is 575 g/mol. The number of hydrogen-bond donors (Lipinski definition) is 1. The fourth-order valence-corrected chi connectivity index (χ4v) is 4.43. The van der Waals surface area contributed by atoms with Crippen molar-refractivity contribution in [1.29, 1.82) is 0 Å². The number of carbonyl (C=O) groups is 1. The molecule has 0 bridgehead atoms. The first-order chi connectivity index (χ1) is 20.2. The molecule has 0 aliphatic heterocycles. The van der Waals surface area contributed by atoms with Crippen molar-refractivity contribution < 1.29 is 37.3 Å². The zero-order valence-corrected chi connectivity index (χ0v) is 22.4. The first-order valence-corrected chi connectivity index (χ1v) is 12.6. The number of pyridine rings is 1. The number of halogens is 3. The van der Waals surface area contributed by atoms with E-state index >= 15 is 0 Å². The summed E-state index contributed by atoms with van der Waals surface area (Å²) in [6, 6.07) is 24.8. The number of alkyl halides is 3. The van der Waals surface area contributed by atoms with Gasteiger partial charge in [-0.1, -0.05) is 42.5 Å². The summed E-state index contributed by atoms with van der Waals surface area (Å²) in [6.07, 6.45) is -4.31. The topological polar surface area (TPSA) is 95.7 Å². The standard InChI is InChI=1S/C31H24F3N3O5/c1-40-22-14-12-19(13-15-22)20-10-11-21(27(16-20)41-2)18-42-26-8-4-3-6-23(26)25-7-5-9-28(36-25)37-29(31(32,33)34)24(17-35-37)30(38)39/h3-17H,18H2,1-2H3,(H,38,39). The molecule has 2 aromatic heterocycles. The van der Waals surface area contributed by atoms with Crippen molar-refractivity contribution in [3.63, 3.8) is 0 Å². The number of hydrogen-bond acceptors (Lipinski definition) is 6. The van der Waals surface area contributed by atoms with Crippen molar-refractivity contribution >= 4 is 5.97 Å². The lowest BCUT2D eigenvalue weighted by Crippen LogP contribution is -2.18. The van der Waals surface area contributed by atoms with Gasteiger partial charge in [0.25, 0.3) is 0 Å². The molecule has 8 nitrogen and oxygen atoms in total. The van der Waals surface area contributed by atoms with E-state index in [2.05, 4.69) is 10.1 Å². The Morgan fingerprint density at radius 1 is 0.881 bits per heavy atom. The largest absolute Gasteiger partial charge is 0.497 e. The molecule has 1 N–H and O–H groups in total. The number of rotatable bonds is 9. The summed E-state index contributed by atoms with van der Waals surface area (Å²) in [5.41, 5.74) is 1.15. The maximum atomic E-state index is 13.8. The molecular weight excluding hydrogens is 551 g/mol. The predicted octanol–water partition coefficient (Wildman–Crippen LogP) is 6.91. The normalized spacial score (nSPS) is 11.3. The van der Waals surface area contributed by atoms with Gasteiger partial charge >= 0.3 is 12.1 Å². The third-order valence-corrected chi connectivity index (χ3v) is 6.48. The fourth-order valence-electron chi connectivity index (χ4n) is 4.43. The fraction of sp³-hybridized carbons (Fsp3) is 0.129. The molecule has 5 aromatic rings. The van der Waals surface area contributed by atoms with Crippen molar-refractivity contribution in [3.05, 3.63) is 108 Å². The molecule has 0 aliphatic rings. The van der Waals surface area contributed by atoms with Crippen LogP contribution < -0.4 is 14.2 Å². The van der Waals surface area contributed by atoms with Crippen molar-refractivity contribution in [2.75, 3.05) is 14.2 Å². The molecule has 0 radical (unpaired) electrons. The van der Waals surface area contributed by atoms with Crippen LogP contribution in [0, 0.1) is 0 Å². The second-order valence-corrected chi connectivity index (χ2v) is 9.04. The Morgan fingerprint density at radius 3 is 2.31 bits per heavy atom. The lowest BCUT2D eigenvalue weighted by atomic mass is 10.0. The van der Waals surface area contributed by atoms with Gasteiger partial charge in [-0.2, -0.15) is 18.3 Å². The molecule has 0 atom stereocenters. The van der Waals surface area contributed by atoms with Crippen LogP contribution in [0.3, 0.4) is 0 Å². The minimum atomic E-state index is -4.97. The summed E-state index contributed by atoms with van der Waals surface area (Å²) in [7, 11) is 3.18. The molecule has 214 valence electrons. The lowest BCUT2D eigenvalue weighted by molar-refractivity contribution is -0.143. The highest BCUT2D eigenvalue weighted by atomic mass is 19.4. The predicted molar refractivity (Wildman–Crippen MR) is 148 cm³/mol. The summed E-state index contributed by atoms with van der Waals surface area (Å²) in [6.45, 7) is 0.141. The number of benzene rings is 3. The van der Waals surface area contributed by atoms with Gasteiger partial charge in [-0.05, 0) is 53.6 Å². The molecule has 3 aromatic carbocycles. The SMILES string of the molecule is COc1ccc(-c2ccc(COc3ccccc3-c3cccc(-n4ncc(C(=O)O)c4C(F)(F)F)n3)c(OC)c2)cc1. The molecule has 0 fully saturated rings. The number of para-hydroxylation sites is 1. The highest BCUT2D eigenvalue weighted by Crippen LogP contribution is 2.35. The molecule has 0 amide bonds. The highest BCUT2D eigenvalue weighted by molar-refractivity contribution is 5.89. The van der Waals surface area contributed by atoms with Crippen LogP contribution in [0.25, 0.3) is 28.2 Å². The molecule has 0 aliphatic carbocycles. The summed E-state index contributed by atoms with van der Waals surface area (Å²) in [5, 5.41) is 12.9. The van der Waals surface area contributed by atoms with Crippen LogP contribution in [0.4, 0.5) is 13.2 Å². The Balaban J connectivity index is 1.43. The van der Waals surface area contributed by atoms with Gasteiger partial charge < -0.3 is 19.3 Å². The zero-order valence-electron chi connectivity index (χ0n) is 22.4. The van der Waals surface area contributed by atoms with Gasteiger partial charge in [-0.3, -0.25) is 0 Å². The number of ether oxygens (including phenoxy) is 3. The van der Waals surface area contributed by atoms with Crippen LogP contribution in [-0.4, -0.2) is 40.1 Å². The van der Waals surface area contributed by atoms with Crippen LogP contribution in [0.2, 0.25) is 0 Å². The lowest BCUT2D eigenvalue weighted by Gasteiger charge is -2.15. The minimum absolute atomic E-state index is 0.141. The molecule has 5 rings (SSSR count). The van der Waals surface area contributed by atoms with Crippen LogP contribution in [0.1, 0.15) is 21.6 Å². The number of aromatic nitrogens is 3. The number of carboxylic acid groups (broad SMARTS) is 1. The number of aromatic carboxylic acids is 1. The van der Waals surface area contributed by atoms with Gasteiger partial charge in [0.2, 0.25) is 0 Å². The summed E-state index contributed by atoms with van der Waals surface area (Å²) < 4.78 is 58.8. The van der Waals surface area contributed by atoms with Gasteiger partial charge in [-0.15, -0.1) is 0 Å². The van der Waals surface area contributed by atoms with Crippen LogP contribution in [-0.2, 0) is 12.8 Å². The number of carboxylic acids is 1. The van der Waals surface area contributed by atoms with E-state index < -0.39 is 23.4 Å². The summed E-state index contributed by atoms with van der Waals surface area (Å²) in [4.78, 5) is 15.8. The maximum Gasteiger partial charge on any atom is 0.434 e. The van der Waals surface area contributed by atoms with E-state index in [1.165, 1.54) is 12.1 Å². The van der Waals surface area contributed by atoms with Gasteiger partial charge in [-0.25, -0.2) is 14.5 Å². The first kappa shape index (κ1) is 28.2. The quantitative estimate of drug-likeness (QED) is 0.204. The number of nitrogens with zero attached hydrogens (tertiary/aromatic N) is 3. The molecule has 0 saturated carbocycles. The van der Waals surface area contributed by atoms with Gasteiger partial charge in [0.15, 0.2) is 11.5 Å². The Kier molecular flexibility index (Phi) is 7.83. The summed E-state index contributed by atoms with van der Waals surface area (Å²) in [5.74, 6) is -0.126. The van der Waals surface area contributed by atoms with Gasteiger partial charge in [0.1, 0.15) is 29.4 Å². The second-order valence-electron chi connectivity index (χ2n) is 9.04. The smallest absolute Gasteiger partial charge is 0.434 e. The van der Waals surface area contributed by atoms with E-state index in [0.29, 0.717) is 33.6 Å². The zero-order chi connectivity index (χ0) is 29.9. The summed E-state index contributed by atoms with van der Waals surface area (Å²) >= 11 is 0. The maximum absolute atomic E-state index is 13.8. The van der Waals surface area contributed by atoms with E-state index in [0.717, 1.165) is 22.4 Å². The Morgan fingerprint density at radius 2 is 1.62 bits per heavy atom. The highest BCUT2D eigenvalue weighted by Gasteiger charge is 2.41. The second kappa shape index (κ2) is 11.7. The van der Waals surface area contributed by atoms with Crippen molar-refractivity contribution in [3.8, 4) is 45.5 Å². The van der Waals surface area contributed by atoms with E-state index in [4.69, 9.17) is 14.2 Å². The molecule has 0 unspecified atom stereocenters. The Hall–Kier alpha value is -5.32. The molecule has 11 heteroatoms. The Bertz CT molecular complexity index is 1730.